The van der Waals surface area contributed by atoms with Gasteiger partial charge in [-0.25, -0.2) is 0 Å². The van der Waals surface area contributed by atoms with Gasteiger partial charge in [-0.2, -0.15) is 0 Å². The van der Waals surface area contributed by atoms with Gasteiger partial charge >= 0.3 is 0 Å². The Morgan fingerprint density at radius 3 is 2.36 bits per heavy atom. The summed E-state index contributed by atoms with van der Waals surface area (Å²) >= 11 is 0. The van der Waals surface area contributed by atoms with E-state index in [0.717, 1.165) is 6.42 Å². The molecule has 2 nitrogen and oxygen atoms in total. The maximum atomic E-state index is 11.3. The van der Waals surface area contributed by atoms with Crippen molar-refractivity contribution in [1.82, 2.24) is 0 Å². The highest BCUT2D eigenvalue weighted by Crippen LogP contribution is 2.08. The summed E-state index contributed by atoms with van der Waals surface area (Å²) in [5, 5.41) is 0. The Labute approximate surface area is 68.9 Å². The number of ether oxygens (including phenoxy) is 1. The Kier molecular flexibility index (Phi) is 5.12. The highest BCUT2D eigenvalue weighted by molar-refractivity contribution is 5.80. The second-order valence-electron chi connectivity index (χ2n) is 3.03. The van der Waals surface area contributed by atoms with Gasteiger partial charge in [0.15, 0.2) is 0 Å². The van der Waals surface area contributed by atoms with E-state index < -0.39 is 0 Å². The minimum atomic E-state index is 0.0662. The molecule has 0 saturated carbocycles. The zero-order valence-corrected chi connectivity index (χ0v) is 7.89. The van der Waals surface area contributed by atoms with Crippen LogP contribution in [0.2, 0.25) is 0 Å². The van der Waals surface area contributed by atoms with E-state index in [2.05, 4.69) is 0 Å². The maximum Gasteiger partial charge on any atom is 0.138 e. The monoisotopic (exact) mass is 158 g/mol. The summed E-state index contributed by atoms with van der Waals surface area (Å²) in [5.74, 6) is 0.495. The maximum absolute atomic E-state index is 11.3. The Morgan fingerprint density at radius 1 is 1.45 bits per heavy atom. The summed E-state index contributed by atoms with van der Waals surface area (Å²) in [4.78, 5) is 11.3. The van der Waals surface area contributed by atoms with Crippen molar-refractivity contribution >= 4 is 5.78 Å². The van der Waals surface area contributed by atoms with Crippen molar-refractivity contribution in [2.45, 2.75) is 39.7 Å². The molecule has 0 aromatic rings. The van der Waals surface area contributed by atoms with E-state index in [1.54, 1.807) is 7.11 Å². The highest BCUT2D eigenvalue weighted by atomic mass is 16.5. The molecule has 0 N–H and O–H groups in total. The second kappa shape index (κ2) is 5.30. The van der Waals surface area contributed by atoms with Crippen molar-refractivity contribution < 1.29 is 9.53 Å². The summed E-state index contributed by atoms with van der Waals surface area (Å²) < 4.78 is 4.99. The van der Waals surface area contributed by atoms with Gasteiger partial charge in [0.2, 0.25) is 0 Å². The van der Waals surface area contributed by atoms with Crippen molar-refractivity contribution in [3.63, 3.8) is 0 Å². The third-order valence-electron chi connectivity index (χ3n) is 2.05. The molecule has 0 aliphatic carbocycles. The third kappa shape index (κ3) is 4.14. The van der Waals surface area contributed by atoms with Crippen LogP contribution in [0.5, 0.6) is 0 Å². The van der Waals surface area contributed by atoms with Crippen LogP contribution >= 0.6 is 0 Å². The molecular weight excluding hydrogens is 140 g/mol. The first-order valence-corrected chi connectivity index (χ1v) is 4.17. The Bertz CT molecular complexity index is 121. The van der Waals surface area contributed by atoms with E-state index >= 15 is 0 Å². The predicted octanol–water partition coefficient (Wildman–Crippen LogP) is 2.03. The summed E-state index contributed by atoms with van der Waals surface area (Å²) in [6.45, 7) is 5.91. The lowest BCUT2D eigenvalue weighted by atomic mass is 9.99. The van der Waals surface area contributed by atoms with Gasteiger partial charge in [-0.05, 0) is 13.3 Å². The highest BCUT2D eigenvalue weighted by Gasteiger charge is 2.13. The number of methoxy groups -OCH3 is 1. The van der Waals surface area contributed by atoms with Crippen LogP contribution in [0.3, 0.4) is 0 Å². The lowest BCUT2D eigenvalue weighted by molar-refractivity contribution is -0.124. The summed E-state index contributed by atoms with van der Waals surface area (Å²) in [7, 11) is 1.63. The second-order valence-corrected chi connectivity index (χ2v) is 3.03. The molecule has 0 spiro atoms. The number of carbonyl (C=O) groups is 1. The number of hydrogen-bond acceptors (Lipinski definition) is 2. The van der Waals surface area contributed by atoms with E-state index in [1.165, 1.54) is 0 Å². The van der Waals surface area contributed by atoms with Crippen LogP contribution in [-0.4, -0.2) is 19.0 Å². The number of Topliss-reactive ketones (excluding diaryl/α,β-unsaturated/α-hetero) is 1. The molecular formula is C9H18O2. The molecule has 0 radical (unpaired) electrons. The molecule has 2 unspecified atom stereocenters. The van der Waals surface area contributed by atoms with Crippen molar-refractivity contribution in [3.8, 4) is 0 Å². The molecule has 0 bridgehead atoms. The van der Waals surface area contributed by atoms with E-state index in [4.69, 9.17) is 4.74 Å². The molecule has 2 heteroatoms. The van der Waals surface area contributed by atoms with Gasteiger partial charge in [-0.15, -0.1) is 0 Å². The summed E-state index contributed by atoms with van der Waals surface area (Å²) in [6.07, 6.45) is 1.54. The molecule has 66 valence electrons. The fraction of sp³-hybridized carbons (Fsp3) is 0.889. The van der Waals surface area contributed by atoms with Gasteiger partial charge in [0, 0.05) is 19.4 Å². The van der Waals surface area contributed by atoms with Crippen LogP contribution < -0.4 is 0 Å². The first kappa shape index (κ1) is 10.6. The van der Waals surface area contributed by atoms with Crippen LogP contribution in [0, 0.1) is 5.92 Å². The molecule has 0 heterocycles. The van der Waals surface area contributed by atoms with Gasteiger partial charge in [-0.1, -0.05) is 13.8 Å². The summed E-state index contributed by atoms with van der Waals surface area (Å²) in [6, 6.07) is 0. The SMILES string of the molecule is CCC(C)C(=O)CC(C)OC. The van der Waals surface area contributed by atoms with Gasteiger partial charge < -0.3 is 4.74 Å². The molecule has 0 amide bonds. The largest absolute Gasteiger partial charge is 0.381 e. The number of ketones is 1. The van der Waals surface area contributed by atoms with Crippen molar-refractivity contribution in [1.29, 1.82) is 0 Å². The Hall–Kier alpha value is -0.370. The van der Waals surface area contributed by atoms with E-state index in [1.807, 2.05) is 20.8 Å². The van der Waals surface area contributed by atoms with Crippen LogP contribution in [0.4, 0.5) is 0 Å². The van der Waals surface area contributed by atoms with Crippen LogP contribution in [0.25, 0.3) is 0 Å². The molecule has 2 atom stereocenters. The molecule has 0 aliphatic heterocycles. The van der Waals surface area contributed by atoms with E-state index in [9.17, 15) is 4.79 Å². The van der Waals surface area contributed by atoms with Gasteiger partial charge in [0.25, 0.3) is 0 Å². The number of carbonyl (C=O) groups excluding carboxylic acids is 1. The molecule has 0 aromatic carbocycles. The molecule has 0 rings (SSSR count). The molecule has 0 aromatic heterocycles. The molecule has 0 fully saturated rings. The number of hydrogen-bond donors (Lipinski definition) is 0. The normalized spacial score (nSPS) is 16.0. The minimum absolute atomic E-state index is 0.0662. The zero-order valence-electron chi connectivity index (χ0n) is 7.89. The van der Waals surface area contributed by atoms with Crippen LogP contribution in [0.1, 0.15) is 33.6 Å². The van der Waals surface area contributed by atoms with Crippen LogP contribution in [0.15, 0.2) is 0 Å². The average Bonchev–Trinajstić information content (AvgIpc) is 2.02. The fourth-order valence-electron chi connectivity index (χ4n) is 0.796. The molecule has 0 aliphatic rings. The predicted molar refractivity (Wildman–Crippen MR) is 45.6 cm³/mol. The average molecular weight is 158 g/mol. The van der Waals surface area contributed by atoms with Crippen molar-refractivity contribution in [2.75, 3.05) is 7.11 Å². The topological polar surface area (TPSA) is 26.3 Å². The van der Waals surface area contributed by atoms with Crippen molar-refractivity contribution in [2.24, 2.45) is 5.92 Å². The third-order valence-corrected chi connectivity index (χ3v) is 2.05. The van der Waals surface area contributed by atoms with Gasteiger partial charge in [0.1, 0.15) is 5.78 Å². The standard InChI is InChI=1S/C9H18O2/c1-5-7(2)9(10)6-8(3)11-4/h7-8H,5-6H2,1-4H3. The Morgan fingerprint density at radius 2 is 2.00 bits per heavy atom. The number of rotatable bonds is 5. The Balaban J connectivity index is 3.68. The quantitative estimate of drug-likeness (QED) is 0.612. The minimum Gasteiger partial charge on any atom is -0.381 e. The lowest BCUT2D eigenvalue weighted by Crippen LogP contribution is -2.17. The fourth-order valence-corrected chi connectivity index (χ4v) is 0.796. The van der Waals surface area contributed by atoms with Gasteiger partial charge in [-0.3, -0.25) is 4.79 Å². The molecule has 0 saturated heterocycles. The zero-order chi connectivity index (χ0) is 8.85. The van der Waals surface area contributed by atoms with E-state index in [-0.39, 0.29) is 12.0 Å². The van der Waals surface area contributed by atoms with Crippen LogP contribution in [-0.2, 0) is 9.53 Å². The first-order chi connectivity index (χ1) is 5.11. The van der Waals surface area contributed by atoms with Crippen molar-refractivity contribution in [3.05, 3.63) is 0 Å². The first-order valence-electron chi connectivity index (χ1n) is 4.17. The van der Waals surface area contributed by atoms with Gasteiger partial charge in [0.05, 0.1) is 6.10 Å². The van der Waals surface area contributed by atoms with E-state index in [0.29, 0.717) is 12.2 Å². The molecule has 11 heavy (non-hydrogen) atoms. The summed E-state index contributed by atoms with van der Waals surface area (Å²) in [5.41, 5.74) is 0. The smallest absolute Gasteiger partial charge is 0.138 e. The lowest BCUT2D eigenvalue weighted by Gasteiger charge is -2.11.